The van der Waals surface area contributed by atoms with E-state index in [1.54, 1.807) is 25.4 Å². The van der Waals surface area contributed by atoms with Gasteiger partial charge in [-0.15, -0.1) is 0 Å². The van der Waals surface area contributed by atoms with Crippen molar-refractivity contribution < 1.29 is 18.8 Å². The number of hydrogen-bond acceptors (Lipinski definition) is 7. The number of nitrogens with zero attached hydrogens (tertiary/aromatic N) is 3. The molecule has 4 aromatic rings. The molecule has 0 aliphatic heterocycles. The first kappa shape index (κ1) is 24.1. The fraction of sp³-hybridized carbons (Fsp3) is 0.286. The first-order valence-electron chi connectivity index (χ1n) is 11.7. The van der Waals surface area contributed by atoms with E-state index in [0.29, 0.717) is 18.1 Å². The minimum atomic E-state index is -0.495. The number of benzene rings is 1. The Bertz CT molecular complexity index is 1250. The smallest absolute Gasteiger partial charge is 0.360 e. The normalized spacial score (nSPS) is 12.8. The average Bonchev–Trinajstić information content (AvgIpc) is 3.39. The molecule has 0 aliphatic carbocycles. The molecule has 0 spiro atoms. The lowest BCUT2D eigenvalue weighted by molar-refractivity contribution is 0.0514. The van der Waals surface area contributed by atoms with Crippen molar-refractivity contribution in [1.82, 2.24) is 15.1 Å². The van der Waals surface area contributed by atoms with Crippen molar-refractivity contribution >= 4 is 5.97 Å². The molecular formula is C28H29N3O4. The van der Waals surface area contributed by atoms with Gasteiger partial charge in [0.1, 0.15) is 12.4 Å². The highest BCUT2D eigenvalue weighted by Gasteiger charge is 2.34. The third-order valence-corrected chi connectivity index (χ3v) is 6.30. The molecule has 1 unspecified atom stereocenters. The highest BCUT2D eigenvalue weighted by Crippen LogP contribution is 2.39. The summed E-state index contributed by atoms with van der Waals surface area (Å²) >= 11 is 0. The molecule has 0 saturated carbocycles. The standard InChI is InChI=1S/C28H29N3O4/c1-5-33-27(32)24-16-25(35-31-24)20-9-11-21(12-10-20)28(4,19(2)3)26-14-13-23(17-30-26)34-18-22-8-6-7-15-29-22/h6-17,19H,5,18H2,1-4H3. The van der Waals surface area contributed by atoms with Crippen LogP contribution in [0.3, 0.4) is 0 Å². The van der Waals surface area contributed by atoms with Crippen LogP contribution < -0.4 is 4.74 Å². The van der Waals surface area contributed by atoms with Gasteiger partial charge in [-0.2, -0.15) is 0 Å². The van der Waals surface area contributed by atoms with Crippen molar-refractivity contribution in [2.24, 2.45) is 5.92 Å². The zero-order valence-electron chi connectivity index (χ0n) is 20.4. The Labute approximate surface area is 205 Å². The third kappa shape index (κ3) is 5.24. The Hall–Kier alpha value is -4.00. The van der Waals surface area contributed by atoms with Gasteiger partial charge in [0.15, 0.2) is 11.5 Å². The van der Waals surface area contributed by atoms with Crippen LogP contribution in [0.4, 0.5) is 0 Å². The summed E-state index contributed by atoms with van der Waals surface area (Å²) in [6.07, 6.45) is 3.51. The van der Waals surface area contributed by atoms with E-state index in [9.17, 15) is 4.79 Å². The minimum Gasteiger partial charge on any atom is -0.486 e. The molecule has 0 bridgehead atoms. The van der Waals surface area contributed by atoms with E-state index in [1.165, 1.54) is 0 Å². The summed E-state index contributed by atoms with van der Waals surface area (Å²) in [7, 11) is 0. The maximum atomic E-state index is 11.9. The van der Waals surface area contributed by atoms with Crippen LogP contribution in [0.2, 0.25) is 0 Å². The molecule has 0 aliphatic rings. The summed E-state index contributed by atoms with van der Waals surface area (Å²) in [4.78, 5) is 20.9. The summed E-state index contributed by atoms with van der Waals surface area (Å²) in [5, 5.41) is 3.83. The van der Waals surface area contributed by atoms with Crippen LogP contribution in [-0.2, 0) is 16.8 Å². The lowest BCUT2D eigenvalue weighted by Crippen LogP contribution is -2.31. The van der Waals surface area contributed by atoms with Gasteiger partial charge in [0.25, 0.3) is 0 Å². The Kier molecular flexibility index (Phi) is 7.25. The number of carbonyl (C=O) groups is 1. The number of hydrogen-bond donors (Lipinski definition) is 0. The second kappa shape index (κ2) is 10.5. The summed E-state index contributed by atoms with van der Waals surface area (Å²) in [6.45, 7) is 8.99. The van der Waals surface area contributed by atoms with Gasteiger partial charge in [0, 0.05) is 23.2 Å². The van der Waals surface area contributed by atoms with Gasteiger partial charge in [-0.1, -0.05) is 49.3 Å². The summed E-state index contributed by atoms with van der Waals surface area (Å²) < 4.78 is 16.2. The molecule has 0 radical (unpaired) electrons. The molecule has 1 aromatic carbocycles. The zero-order chi connectivity index (χ0) is 24.8. The van der Waals surface area contributed by atoms with Gasteiger partial charge in [0.05, 0.1) is 24.2 Å². The fourth-order valence-corrected chi connectivity index (χ4v) is 3.88. The van der Waals surface area contributed by atoms with Crippen molar-refractivity contribution in [2.45, 2.75) is 39.7 Å². The largest absolute Gasteiger partial charge is 0.486 e. The van der Waals surface area contributed by atoms with Crippen LogP contribution >= 0.6 is 0 Å². The quantitative estimate of drug-likeness (QED) is 0.283. The molecule has 3 heterocycles. The molecule has 1 atom stereocenters. The molecule has 0 saturated heterocycles. The number of ether oxygens (including phenoxy) is 2. The SMILES string of the molecule is CCOC(=O)c1cc(-c2ccc(C(C)(c3ccc(OCc4ccccn4)cn3)C(C)C)cc2)on1. The molecule has 0 N–H and O–H groups in total. The summed E-state index contributed by atoms with van der Waals surface area (Å²) in [6, 6.07) is 19.4. The summed E-state index contributed by atoms with van der Waals surface area (Å²) in [5.41, 5.74) is 3.60. The monoisotopic (exact) mass is 471 g/mol. The predicted octanol–water partition coefficient (Wildman–Crippen LogP) is 5.85. The van der Waals surface area contributed by atoms with Gasteiger partial charge in [-0.25, -0.2) is 4.79 Å². The highest BCUT2D eigenvalue weighted by atomic mass is 16.5. The van der Waals surface area contributed by atoms with Gasteiger partial charge < -0.3 is 14.0 Å². The van der Waals surface area contributed by atoms with Gasteiger partial charge in [0.2, 0.25) is 0 Å². The first-order chi connectivity index (χ1) is 16.9. The van der Waals surface area contributed by atoms with E-state index < -0.39 is 5.97 Å². The van der Waals surface area contributed by atoms with Crippen LogP contribution in [0.15, 0.2) is 77.6 Å². The number of pyridine rings is 2. The van der Waals surface area contributed by atoms with Crippen LogP contribution in [-0.4, -0.2) is 27.7 Å². The Balaban J connectivity index is 1.53. The van der Waals surface area contributed by atoms with Gasteiger partial charge in [-0.05, 0) is 49.6 Å². The number of carbonyl (C=O) groups excluding carboxylic acids is 1. The van der Waals surface area contributed by atoms with Crippen LogP contribution in [0, 0.1) is 5.92 Å². The van der Waals surface area contributed by atoms with E-state index in [-0.39, 0.29) is 23.6 Å². The second-order valence-corrected chi connectivity index (χ2v) is 8.72. The van der Waals surface area contributed by atoms with E-state index in [4.69, 9.17) is 19.0 Å². The number of rotatable bonds is 9. The third-order valence-electron chi connectivity index (χ3n) is 6.30. The second-order valence-electron chi connectivity index (χ2n) is 8.72. The molecule has 180 valence electrons. The maximum absolute atomic E-state index is 11.9. The highest BCUT2D eigenvalue weighted by molar-refractivity contribution is 5.88. The topological polar surface area (TPSA) is 87.3 Å². The van der Waals surface area contributed by atoms with Crippen molar-refractivity contribution in [3.63, 3.8) is 0 Å². The van der Waals surface area contributed by atoms with E-state index in [1.807, 2.05) is 42.5 Å². The first-order valence-corrected chi connectivity index (χ1v) is 11.7. The fourth-order valence-electron chi connectivity index (χ4n) is 3.88. The molecule has 4 rings (SSSR count). The molecule has 7 nitrogen and oxygen atoms in total. The Morgan fingerprint density at radius 2 is 1.86 bits per heavy atom. The van der Waals surface area contributed by atoms with E-state index >= 15 is 0 Å². The van der Waals surface area contributed by atoms with Crippen molar-refractivity contribution in [3.05, 3.63) is 95.7 Å². The van der Waals surface area contributed by atoms with E-state index in [2.05, 4.69) is 43.0 Å². The van der Waals surface area contributed by atoms with Gasteiger partial charge >= 0.3 is 5.97 Å². The van der Waals surface area contributed by atoms with Gasteiger partial charge in [-0.3, -0.25) is 9.97 Å². The lowest BCUT2D eigenvalue weighted by Gasteiger charge is -2.34. The molecule has 7 heteroatoms. The maximum Gasteiger partial charge on any atom is 0.360 e. The van der Waals surface area contributed by atoms with Crippen molar-refractivity contribution in [2.75, 3.05) is 6.61 Å². The number of esters is 1. The Morgan fingerprint density at radius 3 is 2.49 bits per heavy atom. The van der Waals surface area contributed by atoms with E-state index in [0.717, 1.165) is 22.5 Å². The zero-order valence-corrected chi connectivity index (χ0v) is 20.4. The van der Waals surface area contributed by atoms with Crippen LogP contribution in [0.25, 0.3) is 11.3 Å². The minimum absolute atomic E-state index is 0.160. The molecule has 3 aromatic heterocycles. The Morgan fingerprint density at radius 1 is 1.06 bits per heavy atom. The molecular weight excluding hydrogens is 442 g/mol. The lowest BCUT2D eigenvalue weighted by atomic mass is 9.70. The number of aromatic nitrogens is 3. The van der Waals surface area contributed by atoms with Crippen LogP contribution in [0.5, 0.6) is 5.75 Å². The molecule has 35 heavy (non-hydrogen) atoms. The predicted molar refractivity (Wildman–Crippen MR) is 132 cm³/mol. The summed E-state index contributed by atoms with van der Waals surface area (Å²) in [5.74, 6) is 0.994. The van der Waals surface area contributed by atoms with Crippen LogP contribution in [0.1, 0.15) is 55.1 Å². The van der Waals surface area contributed by atoms with Crippen molar-refractivity contribution in [1.29, 1.82) is 0 Å². The molecule has 0 amide bonds. The van der Waals surface area contributed by atoms with Crippen molar-refractivity contribution in [3.8, 4) is 17.1 Å². The average molecular weight is 472 g/mol. The molecule has 0 fully saturated rings.